The maximum Gasteiger partial charge on any atom is 0.223 e. The van der Waals surface area contributed by atoms with Gasteiger partial charge in [-0.05, 0) is 26.0 Å². The Labute approximate surface area is 99.0 Å². The topological polar surface area (TPSA) is 50.7 Å². The van der Waals surface area contributed by atoms with Crippen LogP contribution >= 0.6 is 0 Å². The van der Waals surface area contributed by atoms with Gasteiger partial charge in [0.25, 0.3) is 0 Å². The van der Waals surface area contributed by atoms with Crippen LogP contribution in [0.2, 0.25) is 0 Å². The lowest BCUT2D eigenvalue weighted by molar-refractivity contribution is 0.618. The first-order chi connectivity index (χ1) is 8.20. The van der Waals surface area contributed by atoms with Crippen molar-refractivity contribution in [3.63, 3.8) is 0 Å². The van der Waals surface area contributed by atoms with Crippen molar-refractivity contribution in [1.29, 1.82) is 0 Å². The number of nitrogens with one attached hydrogen (secondary N) is 1. The molecule has 0 saturated heterocycles. The fourth-order valence-electron chi connectivity index (χ4n) is 1.42. The second-order valence-corrected chi connectivity index (χ2v) is 3.61. The van der Waals surface area contributed by atoms with Crippen molar-refractivity contribution in [1.82, 2.24) is 15.0 Å². The number of hydrogen-bond acceptors (Lipinski definition) is 4. The molecule has 5 heteroatoms. The molecule has 88 valence electrons. The molecule has 0 aromatic carbocycles. The molecule has 0 aliphatic heterocycles. The fraction of sp³-hybridized carbons (Fsp3) is 0.250. The molecule has 0 bridgehead atoms. The predicted molar refractivity (Wildman–Crippen MR) is 64.1 cm³/mol. The summed E-state index contributed by atoms with van der Waals surface area (Å²) >= 11 is 0. The summed E-state index contributed by atoms with van der Waals surface area (Å²) in [4.78, 5) is 12.1. The van der Waals surface area contributed by atoms with E-state index in [9.17, 15) is 4.39 Å². The summed E-state index contributed by atoms with van der Waals surface area (Å²) in [5, 5.41) is 2.95. The Morgan fingerprint density at radius 2 is 2.06 bits per heavy atom. The van der Waals surface area contributed by atoms with Crippen LogP contribution in [0.4, 0.5) is 10.3 Å². The third-order valence-electron chi connectivity index (χ3n) is 2.26. The lowest BCUT2D eigenvalue weighted by Crippen LogP contribution is -2.04. The van der Waals surface area contributed by atoms with Crippen molar-refractivity contribution in [3.8, 4) is 11.3 Å². The van der Waals surface area contributed by atoms with Crippen LogP contribution in [-0.2, 0) is 0 Å². The van der Waals surface area contributed by atoms with Gasteiger partial charge in [0.05, 0.1) is 6.20 Å². The van der Waals surface area contributed by atoms with Gasteiger partial charge in [-0.15, -0.1) is 0 Å². The fourth-order valence-corrected chi connectivity index (χ4v) is 1.42. The lowest BCUT2D eigenvalue weighted by atomic mass is 10.2. The van der Waals surface area contributed by atoms with E-state index in [0.717, 1.165) is 5.69 Å². The van der Waals surface area contributed by atoms with E-state index in [-0.39, 0.29) is 5.69 Å². The van der Waals surface area contributed by atoms with E-state index < -0.39 is 5.82 Å². The van der Waals surface area contributed by atoms with E-state index in [1.807, 2.05) is 19.9 Å². The second-order valence-electron chi connectivity index (χ2n) is 3.61. The molecule has 2 aromatic heterocycles. The molecule has 0 fully saturated rings. The Hall–Kier alpha value is -2.04. The van der Waals surface area contributed by atoms with E-state index in [0.29, 0.717) is 18.1 Å². The molecule has 0 spiro atoms. The van der Waals surface area contributed by atoms with Gasteiger partial charge < -0.3 is 5.32 Å². The van der Waals surface area contributed by atoms with Crippen LogP contribution in [0.5, 0.6) is 0 Å². The molecule has 2 rings (SSSR count). The maximum atomic E-state index is 13.6. The largest absolute Gasteiger partial charge is 0.354 e. The summed E-state index contributed by atoms with van der Waals surface area (Å²) in [6, 6.07) is 3.62. The number of nitrogens with zero attached hydrogens (tertiary/aromatic N) is 3. The first-order valence-corrected chi connectivity index (χ1v) is 5.40. The number of halogens is 1. The standard InChI is InChI=1S/C12H13FN4/c1-3-14-12-16-7-10(13)11(17-12)9-5-4-8(2)15-6-9/h4-7H,3H2,1-2H3,(H,14,16,17). The zero-order valence-electron chi connectivity index (χ0n) is 9.74. The van der Waals surface area contributed by atoms with Gasteiger partial charge in [0.2, 0.25) is 5.95 Å². The highest BCUT2D eigenvalue weighted by atomic mass is 19.1. The second kappa shape index (κ2) is 4.86. The van der Waals surface area contributed by atoms with Crippen LogP contribution in [0.25, 0.3) is 11.3 Å². The summed E-state index contributed by atoms with van der Waals surface area (Å²) in [7, 11) is 0. The molecule has 0 saturated carbocycles. The summed E-state index contributed by atoms with van der Waals surface area (Å²) in [5.41, 5.74) is 1.80. The number of rotatable bonds is 3. The van der Waals surface area contributed by atoms with Crippen LogP contribution in [-0.4, -0.2) is 21.5 Å². The minimum absolute atomic E-state index is 0.267. The third kappa shape index (κ3) is 2.55. The molecule has 17 heavy (non-hydrogen) atoms. The highest BCUT2D eigenvalue weighted by molar-refractivity contribution is 5.59. The monoisotopic (exact) mass is 232 g/mol. The molecule has 1 N–H and O–H groups in total. The molecule has 0 aliphatic carbocycles. The van der Waals surface area contributed by atoms with Gasteiger partial charge >= 0.3 is 0 Å². The van der Waals surface area contributed by atoms with E-state index in [1.165, 1.54) is 6.20 Å². The van der Waals surface area contributed by atoms with E-state index in [2.05, 4.69) is 20.3 Å². The van der Waals surface area contributed by atoms with Gasteiger partial charge in [-0.1, -0.05) is 0 Å². The minimum atomic E-state index is -0.447. The van der Waals surface area contributed by atoms with E-state index in [4.69, 9.17) is 0 Å². The first kappa shape index (κ1) is 11.4. The Balaban J connectivity index is 2.42. The van der Waals surface area contributed by atoms with Gasteiger partial charge in [0.1, 0.15) is 5.69 Å². The Bertz CT molecular complexity index is 510. The van der Waals surface area contributed by atoms with Crippen LogP contribution in [0.1, 0.15) is 12.6 Å². The molecule has 2 aromatic rings. The van der Waals surface area contributed by atoms with Crippen molar-refractivity contribution in [2.75, 3.05) is 11.9 Å². The molecule has 0 amide bonds. The third-order valence-corrected chi connectivity index (χ3v) is 2.26. The zero-order valence-corrected chi connectivity index (χ0v) is 9.74. The maximum absolute atomic E-state index is 13.6. The van der Waals surface area contributed by atoms with Crippen molar-refractivity contribution in [2.45, 2.75) is 13.8 Å². The van der Waals surface area contributed by atoms with Crippen LogP contribution in [0.15, 0.2) is 24.5 Å². The Morgan fingerprint density at radius 3 is 2.71 bits per heavy atom. The van der Waals surface area contributed by atoms with E-state index >= 15 is 0 Å². The number of pyridine rings is 1. The zero-order chi connectivity index (χ0) is 12.3. The molecular formula is C12H13FN4. The average Bonchev–Trinajstić information content (AvgIpc) is 2.33. The summed E-state index contributed by atoms with van der Waals surface area (Å²) < 4.78 is 13.6. The quantitative estimate of drug-likeness (QED) is 0.883. The van der Waals surface area contributed by atoms with Crippen molar-refractivity contribution in [3.05, 3.63) is 36.0 Å². The predicted octanol–water partition coefficient (Wildman–Crippen LogP) is 2.42. The average molecular weight is 232 g/mol. The van der Waals surface area contributed by atoms with Crippen LogP contribution in [0.3, 0.4) is 0 Å². The first-order valence-electron chi connectivity index (χ1n) is 5.40. The number of aromatic nitrogens is 3. The highest BCUT2D eigenvalue weighted by Gasteiger charge is 2.09. The molecular weight excluding hydrogens is 219 g/mol. The van der Waals surface area contributed by atoms with Gasteiger partial charge in [-0.3, -0.25) is 4.98 Å². The highest BCUT2D eigenvalue weighted by Crippen LogP contribution is 2.20. The number of anilines is 1. The minimum Gasteiger partial charge on any atom is -0.354 e. The van der Waals surface area contributed by atoms with Gasteiger partial charge in [0.15, 0.2) is 5.82 Å². The van der Waals surface area contributed by atoms with Crippen molar-refractivity contribution in [2.24, 2.45) is 0 Å². The van der Waals surface area contributed by atoms with E-state index in [1.54, 1.807) is 12.3 Å². The van der Waals surface area contributed by atoms with Crippen LogP contribution < -0.4 is 5.32 Å². The lowest BCUT2D eigenvalue weighted by Gasteiger charge is -2.05. The molecule has 0 radical (unpaired) electrons. The van der Waals surface area contributed by atoms with Crippen molar-refractivity contribution >= 4 is 5.95 Å². The molecule has 0 atom stereocenters. The smallest absolute Gasteiger partial charge is 0.223 e. The molecule has 4 nitrogen and oxygen atoms in total. The van der Waals surface area contributed by atoms with Gasteiger partial charge in [-0.2, -0.15) is 0 Å². The SMILES string of the molecule is CCNc1ncc(F)c(-c2ccc(C)nc2)n1. The normalized spacial score (nSPS) is 10.3. The summed E-state index contributed by atoms with van der Waals surface area (Å²) in [5.74, 6) is -0.0261. The molecule has 2 heterocycles. The number of hydrogen-bond donors (Lipinski definition) is 1. The van der Waals surface area contributed by atoms with Gasteiger partial charge in [0, 0.05) is 24.0 Å². The Kier molecular flexibility index (Phi) is 3.27. The molecule has 0 unspecified atom stereocenters. The van der Waals surface area contributed by atoms with Crippen LogP contribution in [0, 0.1) is 12.7 Å². The summed E-state index contributed by atoms with van der Waals surface area (Å²) in [6.07, 6.45) is 2.77. The van der Waals surface area contributed by atoms with Gasteiger partial charge in [-0.25, -0.2) is 14.4 Å². The number of aryl methyl sites for hydroxylation is 1. The Morgan fingerprint density at radius 1 is 1.24 bits per heavy atom. The molecule has 0 aliphatic rings. The summed E-state index contributed by atoms with van der Waals surface area (Å²) in [6.45, 7) is 4.50. The van der Waals surface area contributed by atoms with Crippen molar-refractivity contribution < 1.29 is 4.39 Å².